The minimum Gasteiger partial charge on any atom is -0.440 e. The zero-order valence-electron chi connectivity index (χ0n) is 32.4. The molecule has 0 N–H and O–H groups in total. The number of rotatable bonds is 6. The van der Waals surface area contributed by atoms with Crippen molar-refractivity contribution in [3.8, 4) is 62.1 Å². The zero-order chi connectivity index (χ0) is 39.6. The molecule has 0 fully saturated rings. The fraction of sp³-hybridized carbons (Fsp3) is 0.0370. The number of benzene rings is 8. The normalized spacial score (nSPS) is 13.4. The molecule has 1 unspecified atom stereocenters. The average molecular weight is 770 g/mol. The Morgan fingerprint density at radius 2 is 1.05 bits per heavy atom. The van der Waals surface area contributed by atoms with Crippen LogP contribution < -0.4 is 0 Å². The van der Waals surface area contributed by atoms with Crippen LogP contribution >= 0.6 is 0 Å². The number of hydrogen-bond acceptors (Lipinski definition) is 5. The molecule has 282 valence electrons. The molecule has 8 aromatic carbocycles. The van der Waals surface area contributed by atoms with Crippen molar-refractivity contribution in [2.75, 3.05) is 0 Å². The molecule has 1 aliphatic carbocycles. The van der Waals surface area contributed by atoms with E-state index in [-0.39, 0.29) is 5.92 Å². The molecule has 0 amide bonds. The van der Waals surface area contributed by atoms with Crippen LogP contribution in [0.1, 0.15) is 22.9 Å². The van der Waals surface area contributed by atoms with E-state index in [1.807, 2.05) is 36.4 Å². The Bertz CT molecular complexity index is 3290. The van der Waals surface area contributed by atoms with Crippen molar-refractivity contribution in [1.82, 2.24) is 24.5 Å². The summed E-state index contributed by atoms with van der Waals surface area (Å²) in [5.41, 5.74) is 14.7. The van der Waals surface area contributed by atoms with E-state index in [9.17, 15) is 0 Å². The number of oxazole rings is 1. The first-order valence-electron chi connectivity index (χ1n) is 20.3. The van der Waals surface area contributed by atoms with E-state index in [0.717, 1.165) is 83.8 Å². The minimum absolute atomic E-state index is 0.167. The molecule has 3 heterocycles. The Hall–Kier alpha value is -7.96. The van der Waals surface area contributed by atoms with Gasteiger partial charge in [0.1, 0.15) is 5.52 Å². The lowest BCUT2D eigenvalue weighted by atomic mass is 9.77. The first kappa shape index (κ1) is 34.1. The molecule has 3 aromatic heterocycles. The second-order valence-electron chi connectivity index (χ2n) is 15.4. The number of para-hydroxylation sites is 3. The molecule has 0 spiro atoms. The minimum atomic E-state index is -0.167. The van der Waals surface area contributed by atoms with Crippen LogP contribution in [0.5, 0.6) is 0 Å². The molecule has 12 rings (SSSR count). The smallest absolute Gasteiger partial charge is 0.238 e. The lowest BCUT2D eigenvalue weighted by Gasteiger charge is -2.27. The van der Waals surface area contributed by atoms with Gasteiger partial charge in [0.05, 0.1) is 17.0 Å². The Labute approximate surface area is 346 Å². The highest BCUT2D eigenvalue weighted by Gasteiger charge is 2.34. The average Bonchev–Trinajstić information content (AvgIpc) is 3.92. The summed E-state index contributed by atoms with van der Waals surface area (Å²) < 4.78 is 8.89. The second kappa shape index (κ2) is 13.9. The van der Waals surface area contributed by atoms with E-state index in [2.05, 4.69) is 162 Å². The van der Waals surface area contributed by atoms with Gasteiger partial charge < -0.3 is 4.42 Å². The van der Waals surface area contributed by atoms with Crippen LogP contribution in [0.3, 0.4) is 0 Å². The quantitative estimate of drug-likeness (QED) is 0.168. The number of hydrogen-bond donors (Lipinski definition) is 0. The van der Waals surface area contributed by atoms with Crippen LogP contribution in [0.2, 0.25) is 0 Å². The summed E-state index contributed by atoms with van der Waals surface area (Å²) >= 11 is 0. The van der Waals surface area contributed by atoms with Crippen molar-refractivity contribution in [2.24, 2.45) is 0 Å². The highest BCUT2D eigenvalue weighted by molar-refractivity contribution is 6.12. The Balaban J connectivity index is 1.15. The van der Waals surface area contributed by atoms with Crippen molar-refractivity contribution < 1.29 is 4.42 Å². The Kier molecular flexibility index (Phi) is 7.88. The van der Waals surface area contributed by atoms with Crippen molar-refractivity contribution in [3.63, 3.8) is 0 Å². The first-order chi connectivity index (χ1) is 29.7. The number of aromatic nitrogens is 5. The van der Waals surface area contributed by atoms with Crippen LogP contribution in [-0.4, -0.2) is 24.5 Å². The maximum absolute atomic E-state index is 6.64. The summed E-state index contributed by atoms with van der Waals surface area (Å²) in [7, 11) is 0. The van der Waals surface area contributed by atoms with Crippen LogP contribution in [0.15, 0.2) is 199 Å². The molecule has 1 aliphatic rings. The maximum atomic E-state index is 6.64. The van der Waals surface area contributed by atoms with Gasteiger partial charge in [-0.05, 0) is 81.3 Å². The molecular formula is C54H35N5O. The van der Waals surface area contributed by atoms with E-state index in [0.29, 0.717) is 23.5 Å². The topological polar surface area (TPSA) is 69.6 Å². The van der Waals surface area contributed by atoms with Gasteiger partial charge in [0.2, 0.25) is 11.8 Å². The Morgan fingerprint density at radius 3 is 1.77 bits per heavy atom. The summed E-state index contributed by atoms with van der Waals surface area (Å²) in [6, 6.07) is 67.6. The van der Waals surface area contributed by atoms with Crippen LogP contribution in [0.25, 0.3) is 95.0 Å². The molecule has 6 heteroatoms. The standard InChI is InChI=1S/C54H35N5O/c1-3-15-34(16-4-1)36-20-13-22-39(31-36)51-56-52(40-23-14-21-37(32-40)35-17-5-2-6-18-35)58-54(57-51)59-47-27-11-9-25-42(47)44-30-29-43-41-24-8-7-19-38(41)33-45(49(43)50(44)59)53-55-46-26-10-12-28-48(46)60-53/h1-32,45H,33H2. The number of nitrogens with zero attached hydrogens (tertiary/aromatic N) is 5. The van der Waals surface area contributed by atoms with Gasteiger partial charge in [-0.3, -0.25) is 4.57 Å². The highest BCUT2D eigenvalue weighted by atomic mass is 16.3. The summed E-state index contributed by atoms with van der Waals surface area (Å²) in [6.07, 6.45) is 0.739. The fourth-order valence-electron chi connectivity index (χ4n) is 9.07. The summed E-state index contributed by atoms with van der Waals surface area (Å²) in [6.45, 7) is 0. The van der Waals surface area contributed by atoms with Crippen LogP contribution in [0.4, 0.5) is 0 Å². The molecule has 0 saturated heterocycles. The highest BCUT2D eigenvalue weighted by Crippen LogP contribution is 2.48. The monoisotopic (exact) mass is 769 g/mol. The summed E-state index contributed by atoms with van der Waals surface area (Å²) in [5, 5.41) is 2.23. The van der Waals surface area contributed by atoms with Gasteiger partial charge in [0, 0.05) is 21.9 Å². The largest absolute Gasteiger partial charge is 0.440 e. The molecular weight excluding hydrogens is 735 g/mol. The lowest BCUT2D eigenvalue weighted by molar-refractivity contribution is 0.497. The second-order valence-corrected chi connectivity index (χ2v) is 15.4. The zero-order valence-corrected chi connectivity index (χ0v) is 32.4. The third-order valence-electron chi connectivity index (χ3n) is 11.8. The van der Waals surface area contributed by atoms with Crippen LogP contribution in [0, 0.1) is 0 Å². The van der Waals surface area contributed by atoms with E-state index in [1.54, 1.807) is 0 Å². The van der Waals surface area contributed by atoms with Crippen LogP contribution in [-0.2, 0) is 6.42 Å². The fourth-order valence-corrected chi connectivity index (χ4v) is 9.07. The van der Waals surface area contributed by atoms with Gasteiger partial charge >= 0.3 is 0 Å². The van der Waals surface area contributed by atoms with Crippen molar-refractivity contribution in [3.05, 3.63) is 211 Å². The SMILES string of the molecule is c1ccc(-c2cccc(-c3nc(-c4cccc(-c5ccccc5)c4)nc(-n4c5ccccc5c5ccc6c(c54)C(c4nc5ccccc5o4)Cc4ccccc4-6)n3)c2)cc1. The molecule has 0 aliphatic heterocycles. The van der Waals surface area contributed by atoms with Crippen molar-refractivity contribution in [1.29, 1.82) is 0 Å². The molecule has 11 aromatic rings. The van der Waals surface area contributed by atoms with Gasteiger partial charge in [-0.1, -0.05) is 164 Å². The summed E-state index contributed by atoms with van der Waals surface area (Å²) in [5.74, 6) is 2.26. The van der Waals surface area contributed by atoms with E-state index >= 15 is 0 Å². The van der Waals surface area contributed by atoms with E-state index < -0.39 is 0 Å². The third-order valence-corrected chi connectivity index (χ3v) is 11.8. The molecule has 0 radical (unpaired) electrons. The molecule has 0 saturated carbocycles. The van der Waals surface area contributed by atoms with E-state index in [4.69, 9.17) is 24.4 Å². The molecule has 6 nitrogen and oxygen atoms in total. The third kappa shape index (κ3) is 5.64. The number of fused-ring (bicyclic) bond motifs is 8. The van der Waals surface area contributed by atoms with Crippen molar-refractivity contribution in [2.45, 2.75) is 12.3 Å². The van der Waals surface area contributed by atoms with Gasteiger partial charge in [-0.2, -0.15) is 9.97 Å². The molecule has 1 atom stereocenters. The predicted molar refractivity (Wildman–Crippen MR) is 241 cm³/mol. The molecule has 0 bridgehead atoms. The summed E-state index contributed by atoms with van der Waals surface area (Å²) in [4.78, 5) is 21.2. The van der Waals surface area contributed by atoms with Gasteiger partial charge in [-0.25, -0.2) is 9.97 Å². The first-order valence-corrected chi connectivity index (χ1v) is 20.3. The lowest BCUT2D eigenvalue weighted by Crippen LogP contribution is -2.15. The van der Waals surface area contributed by atoms with Gasteiger partial charge in [0.15, 0.2) is 17.2 Å². The van der Waals surface area contributed by atoms with Crippen molar-refractivity contribution >= 4 is 32.9 Å². The maximum Gasteiger partial charge on any atom is 0.238 e. The Morgan fingerprint density at radius 1 is 0.450 bits per heavy atom. The van der Waals surface area contributed by atoms with Gasteiger partial charge in [0.25, 0.3) is 0 Å². The van der Waals surface area contributed by atoms with Gasteiger partial charge in [-0.15, -0.1) is 0 Å². The predicted octanol–water partition coefficient (Wildman–Crippen LogP) is 13.1. The van der Waals surface area contributed by atoms with E-state index in [1.165, 1.54) is 11.1 Å². The molecule has 60 heavy (non-hydrogen) atoms.